The van der Waals surface area contributed by atoms with E-state index in [1.807, 2.05) is 18.2 Å². The second kappa shape index (κ2) is 6.36. The van der Waals surface area contributed by atoms with Gasteiger partial charge in [-0.1, -0.05) is 54.2 Å². The van der Waals surface area contributed by atoms with Crippen LogP contribution in [0.2, 0.25) is 5.02 Å². The van der Waals surface area contributed by atoms with Crippen molar-refractivity contribution in [2.75, 3.05) is 7.11 Å². The summed E-state index contributed by atoms with van der Waals surface area (Å²) in [5.74, 6) is 0.654. The van der Waals surface area contributed by atoms with Gasteiger partial charge in [0.1, 0.15) is 11.7 Å². The predicted octanol–water partition coefficient (Wildman–Crippen LogP) is 3.61. The van der Waals surface area contributed by atoms with Crippen LogP contribution >= 0.6 is 11.6 Å². The van der Waals surface area contributed by atoms with E-state index in [0.29, 0.717) is 23.7 Å². The average molecular weight is 323 g/mol. The van der Waals surface area contributed by atoms with Crippen molar-refractivity contribution in [1.82, 2.24) is 10.1 Å². The molecule has 0 spiro atoms. The summed E-state index contributed by atoms with van der Waals surface area (Å²) in [6.45, 7) is 0. The third-order valence-corrected chi connectivity index (χ3v) is 4.52. The Bertz CT molecular complexity index is 638. The maximum atomic E-state index is 10.7. The smallest absolute Gasteiger partial charge is 0.258 e. The zero-order chi connectivity index (χ0) is 15.6. The molecule has 1 N–H and O–H groups in total. The topological polar surface area (TPSA) is 68.4 Å². The van der Waals surface area contributed by atoms with E-state index in [1.165, 1.54) is 0 Å². The Hall–Kier alpha value is -1.43. The molecule has 1 aliphatic carbocycles. The number of hydrogen-bond donors (Lipinski definition) is 1. The highest BCUT2D eigenvalue weighted by Crippen LogP contribution is 2.37. The first kappa shape index (κ1) is 15.5. The standard InChI is InChI=1S/C16H19ClN2O3/c1-21-13(11-7-3-4-8-12(11)17)14-18-15(22-19-14)16(20)9-5-2-6-10-16/h3-4,7-8,13,20H,2,5-6,9-10H2,1H3/t13-/m1/s1. The molecule has 0 bridgehead atoms. The maximum absolute atomic E-state index is 10.7. The summed E-state index contributed by atoms with van der Waals surface area (Å²) in [5.41, 5.74) is -0.239. The van der Waals surface area contributed by atoms with Crippen molar-refractivity contribution in [2.24, 2.45) is 0 Å². The Morgan fingerprint density at radius 2 is 2.00 bits per heavy atom. The Balaban J connectivity index is 1.90. The van der Waals surface area contributed by atoms with E-state index < -0.39 is 11.7 Å². The van der Waals surface area contributed by atoms with Gasteiger partial charge in [0.2, 0.25) is 5.82 Å². The van der Waals surface area contributed by atoms with Crippen LogP contribution in [0.5, 0.6) is 0 Å². The lowest BCUT2D eigenvalue weighted by molar-refractivity contribution is -0.0287. The van der Waals surface area contributed by atoms with Gasteiger partial charge in [-0.3, -0.25) is 0 Å². The Morgan fingerprint density at radius 3 is 2.68 bits per heavy atom. The molecule has 1 aliphatic rings. The minimum Gasteiger partial charge on any atom is -0.380 e. The van der Waals surface area contributed by atoms with Crippen LogP contribution in [0.25, 0.3) is 0 Å². The maximum Gasteiger partial charge on any atom is 0.258 e. The van der Waals surface area contributed by atoms with Gasteiger partial charge in [0.05, 0.1) is 0 Å². The second-order valence-electron chi connectivity index (χ2n) is 5.69. The van der Waals surface area contributed by atoms with Gasteiger partial charge < -0.3 is 14.4 Å². The third kappa shape index (κ3) is 2.89. The lowest BCUT2D eigenvalue weighted by atomic mass is 9.85. The first-order chi connectivity index (χ1) is 10.6. The molecule has 1 atom stereocenters. The van der Waals surface area contributed by atoms with Gasteiger partial charge in [0, 0.05) is 17.7 Å². The van der Waals surface area contributed by atoms with Crippen molar-refractivity contribution < 1.29 is 14.4 Å². The van der Waals surface area contributed by atoms with Crippen LogP contribution in [0.3, 0.4) is 0 Å². The predicted molar refractivity (Wildman–Crippen MR) is 81.6 cm³/mol. The van der Waals surface area contributed by atoms with Crippen molar-refractivity contribution in [3.8, 4) is 0 Å². The average Bonchev–Trinajstić information content (AvgIpc) is 3.01. The lowest BCUT2D eigenvalue weighted by Crippen LogP contribution is -2.28. The van der Waals surface area contributed by atoms with E-state index in [1.54, 1.807) is 13.2 Å². The van der Waals surface area contributed by atoms with E-state index in [-0.39, 0.29) is 5.89 Å². The van der Waals surface area contributed by atoms with Gasteiger partial charge >= 0.3 is 0 Å². The molecule has 1 fully saturated rings. The van der Waals surface area contributed by atoms with Crippen molar-refractivity contribution in [1.29, 1.82) is 0 Å². The highest BCUT2D eigenvalue weighted by atomic mass is 35.5. The zero-order valence-corrected chi connectivity index (χ0v) is 13.2. The molecule has 5 nitrogen and oxygen atoms in total. The van der Waals surface area contributed by atoms with Gasteiger partial charge in [-0.15, -0.1) is 0 Å². The molecule has 0 radical (unpaired) electrons. The van der Waals surface area contributed by atoms with E-state index in [9.17, 15) is 5.11 Å². The molecule has 6 heteroatoms. The summed E-state index contributed by atoms with van der Waals surface area (Å²) < 4.78 is 10.8. The first-order valence-corrected chi connectivity index (χ1v) is 7.85. The zero-order valence-electron chi connectivity index (χ0n) is 12.5. The fourth-order valence-corrected chi connectivity index (χ4v) is 3.17. The van der Waals surface area contributed by atoms with Crippen LogP contribution in [0.1, 0.15) is 55.5 Å². The minimum absolute atomic E-state index is 0.274. The van der Waals surface area contributed by atoms with E-state index >= 15 is 0 Å². The number of ether oxygens (including phenoxy) is 1. The third-order valence-electron chi connectivity index (χ3n) is 4.18. The molecule has 0 unspecified atom stereocenters. The molecule has 1 aromatic heterocycles. The minimum atomic E-state index is -1.01. The fourth-order valence-electron chi connectivity index (χ4n) is 2.94. The van der Waals surface area contributed by atoms with Gasteiger partial charge in [-0.25, -0.2) is 0 Å². The monoisotopic (exact) mass is 322 g/mol. The van der Waals surface area contributed by atoms with Crippen molar-refractivity contribution in [3.05, 3.63) is 46.6 Å². The SMILES string of the molecule is CO[C@@H](c1noc(C2(O)CCCCC2)n1)c1ccccc1Cl. The summed E-state index contributed by atoms with van der Waals surface area (Å²) in [5, 5.41) is 15.2. The van der Waals surface area contributed by atoms with Crippen LogP contribution in [0.4, 0.5) is 0 Å². The van der Waals surface area contributed by atoms with Crippen LogP contribution < -0.4 is 0 Å². The molecule has 22 heavy (non-hydrogen) atoms. The van der Waals surface area contributed by atoms with E-state index in [0.717, 1.165) is 24.8 Å². The van der Waals surface area contributed by atoms with Crippen LogP contribution in [-0.2, 0) is 10.3 Å². The number of benzene rings is 1. The fraction of sp³-hybridized carbons (Fsp3) is 0.500. The van der Waals surface area contributed by atoms with Crippen LogP contribution in [0, 0.1) is 0 Å². The number of aromatic nitrogens is 2. The normalized spacial score (nSPS) is 19.0. The van der Waals surface area contributed by atoms with Crippen molar-refractivity contribution in [2.45, 2.75) is 43.8 Å². The highest BCUT2D eigenvalue weighted by Gasteiger charge is 2.37. The van der Waals surface area contributed by atoms with Crippen molar-refractivity contribution >= 4 is 11.6 Å². The van der Waals surface area contributed by atoms with Gasteiger partial charge in [-0.2, -0.15) is 4.98 Å². The van der Waals surface area contributed by atoms with E-state index in [2.05, 4.69) is 10.1 Å². The number of halogens is 1. The number of nitrogens with zero attached hydrogens (tertiary/aromatic N) is 2. The Morgan fingerprint density at radius 1 is 1.27 bits per heavy atom. The molecular weight excluding hydrogens is 304 g/mol. The number of aliphatic hydroxyl groups is 1. The molecule has 0 aliphatic heterocycles. The molecular formula is C16H19ClN2O3. The molecule has 0 amide bonds. The Labute approximate surface area is 134 Å². The molecule has 3 rings (SSSR count). The molecule has 118 valence electrons. The van der Waals surface area contributed by atoms with E-state index in [4.69, 9.17) is 20.9 Å². The van der Waals surface area contributed by atoms with Crippen LogP contribution in [0.15, 0.2) is 28.8 Å². The quantitative estimate of drug-likeness (QED) is 0.931. The summed E-state index contributed by atoms with van der Waals surface area (Å²) in [6, 6.07) is 7.38. The molecule has 0 saturated heterocycles. The summed E-state index contributed by atoms with van der Waals surface area (Å²) in [4.78, 5) is 4.38. The lowest BCUT2D eigenvalue weighted by Gasteiger charge is -2.27. The second-order valence-corrected chi connectivity index (χ2v) is 6.09. The summed E-state index contributed by atoms with van der Waals surface area (Å²) >= 11 is 6.21. The molecule has 1 saturated carbocycles. The number of rotatable bonds is 4. The molecule has 1 heterocycles. The number of methoxy groups -OCH3 is 1. The largest absolute Gasteiger partial charge is 0.380 e. The first-order valence-electron chi connectivity index (χ1n) is 7.48. The molecule has 1 aromatic carbocycles. The molecule has 2 aromatic rings. The van der Waals surface area contributed by atoms with Crippen LogP contribution in [-0.4, -0.2) is 22.4 Å². The summed E-state index contributed by atoms with van der Waals surface area (Å²) in [6.07, 6.45) is 3.84. The Kier molecular flexibility index (Phi) is 4.47. The van der Waals surface area contributed by atoms with Gasteiger partial charge in [0.25, 0.3) is 5.89 Å². The van der Waals surface area contributed by atoms with Gasteiger partial charge in [-0.05, 0) is 18.9 Å². The van der Waals surface area contributed by atoms with Crippen molar-refractivity contribution in [3.63, 3.8) is 0 Å². The number of hydrogen-bond acceptors (Lipinski definition) is 5. The summed E-state index contributed by atoms with van der Waals surface area (Å²) in [7, 11) is 1.57. The van der Waals surface area contributed by atoms with Gasteiger partial charge in [0.15, 0.2) is 0 Å². The highest BCUT2D eigenvalue weighted by molar-refractivity contribution is 6.31.